The maximum absolute atomic E-state index is 12.5. The molecule has 1 aromatic rings. The Morgan fingerprint density at radius 2 is 2.17 bits per heavy atom. The number of anilines is 1. The lowest BCUT2D eigenvalue weighted by atomic mass is 9.84. The fourth-order valence-electron chi connectivity index (χ4n) is 3.98. The second kappa shape index (κ2) is 3.43. The van der Waals surface area contributed by atoms with Crippen molar-refractivity contribution in [2.24, 2.45) is 5.92 Å². The second-order valence-electron chi connectivity index (χ2n) is 5.70. The quantitative estimate of drug-likeness (QED) is 0.668. The van der Waals surface area contributed by atoms with Crippen molar-refractivity contribution in [3.8, 4) is 0 Å². The predicted octanol–water partition coefficient (Wildman–Crippen LogP) is 3.39. The Hall–Kier alpha value is -0.730. The number of benzene rings is 1. The Kier molecular flexibility index (Phi) is 2.12. The van der Waals surface area contributed by atoms with Crippen LogP contribution in [0.15, 0.2) is 18.2 Å². The van der Waals surface area contributed by atoms with Gasteiger partial charge in [-0.05, 0) is 49.4 Å². The van der Waals surface area contributed by atoms with Gasteiger partial charge in [-0.3, -0.25) is 4.79 Å². The van der Waals surface area contributed by atoms with Crippen LogP contribution in [0.4, 0.5) is 5.69 Å². The summed E-state index contributed by atoms with van der Waals surface area (Å²) in [6.07, 6.45) is 3.89. The molecule has 2 aliphatic heterocycles. The van der Waals surface area contributed by atoms with Gasteiger partial charge in [0, 0.05) is 16.1 Å². The van der Waals surface area contributed by atoms with E-state index in [1.807, 2.05) is 23.1 Å². The van der Waals surface area contributed by atoms with Gasteiger partial charge in [-0.1, -0.05) is 11.6 Å². The fourth-order valence-corrected chi connectivity index (χ4v) is 4.66. The number of fused-ring (bicyclic) bond motifs is 3. The summed E-state index contributed by atoms with van der Waals surface area (Å²) in [4.78, 5) is 14.5. The third-order valence-electron chi connectivity index (χ3n) is 4.77. The zero-order chi connectivity index (χ0) is 12.5. The van der Waals surface area contributed by atoms with E-state index >= 15 is 0 Å². The minimum absolute atomic E-state index is 0.00496. The maximum Gasteiger partial charge on any atom is 0.232 e. The van der Waals surface area contributed by atoms with Crippen molar-refractivity contribution >= 4 is 34.8 Å². The van der Waals surface area contributed by atoms with Crippen molar-refractivity contribution in [2.75, 3.05) is 4.90 Å². The minimum Gasteiger partial charge on any atom is -0.306 e. The topological polar surface area (TPSA) is 20.3 Å². The molecular weight excluding hydrogens is 269 g/mol. The van der Waals surface area contributed by atoms with Crippen LogP contribution in [0.5, 0.6) is 0 Å². The highest BCUT2D eigenvalue weighted by atomic mass is 35.5. The number of rotatable bonds is 0. The average Bonchev–Trinajstić information content (AvgIpc) is 2.80. The first-order chi connectivity index (χ1) is 8.61. The Morgan fingerprint density at radius 3 is 3.00 bits per heavy atom. The lowest BCUT2D eigenvalue weighted by molar-refractivity contribution is -0.121. The van der Waals surface area contributed by atoms with Crippen LogP contribution in [0.2, 0.25) is 5.02 Å². The Bertz CT molecular complexity index is 559. The molecule has 3 aliphatic rings. The Morgan fingerprint density at radius 1 is 1.33 bits per heavy atom. The number of nitrogens with zero attached hydrogens (tertiary/aromatic N) is 1. The molecule has 18 heavy (non-hydrogen) atoms. The second-order valence-corrected chi connectivity index (χ2v) is 6.70. The predicted molar refractivity (Wildman–Crippen MR) is 72.4 cm³/mol. The van der Waals surface area contributed by atoms with Crippen LogP contribution in [0.3, 0.4) is 0 Å². The number of hydrogen-bond acceptors (Lipinski definition) is 1. The molecule has 2 bridgehead atoms. The molecule has 1 aliphatic carbocycles. The van der Waals surface area contributed by atoms with Crippen LogP contribution in [-0.2, 0) is 11.2 Å². The molecule has 1 saturated carbocycles. The number of carbonyl (C=O) groups is 1. The van der Waals surface area contributed by atoms with Crippen molar-refractivity contribution in [3.05, 3.63) is 28.8 Å². The highest BCUT2D eigenvalue weighted by Crippen LogP contribution is 2.56. The van der Waals surface area contributed by atoms with Gasteiger partial charge in [0.15, 0.2) is 0 Å². The molecule has 2 nitrogen and oxygen atoms in total. The van der Waals surface area contributed by atoms with Crippen LogP contribution >= 0.6 is 23.2 Å². The first-order valence-corrected chi connectivity index (χ1v) is 7.19. The summed E-state index contributed by atoms with van der Waals surface area (Å²) >= 11 is 12.3. The smallest absolute Gasteiger partial charge is 0.232 e. The van der Waals surface area contributed by atoms with Crippen molar-refractivity contribution in [2.45, 2.75) is 36.6 Å². The first-order valence-electron chi connectivity index (χ1n) is 6.37. The van der Waals surface area contributed by atoms with Crippen LogP contribution in [0.1, 0.15) is 24.8 Å². The summed E-state index contributed by atoms with van der Waals surface area (Å²) in [7, 11) is 0. The molecule has 0 radical (unpaired) electrons. The average molecular weight is 282 g/mol. The molecule has 94 valence electrons. The van der Waals surface area contributed by atoms with Gasteiger partial charge in [0.2, 0.25) is 5.91 Å². The van der Waals surface area contributed by atoms with Gasteiger partial charge in [0.25, 0.3) is 0 Å². The van der Waals surface area contributed by atoms with Crippen molar-refractivity contribution in [1.82, 2.24) is 0 Å². The number of amides is 1. The third kappa shape index (κ3) is 1.23. The summed E-state index contributed by atoms with van der Waals surface area (Å²) in [5.41, 5.74) is 2.25. The molecule has 1 amide bonds. The summed E-state index contributed by atoms with van der Waals surface area (Å²) < 4.78 is 0. The fraction of sp³-hybridized carbons (Fsp3) is 0.500. The van der Waals surface area contributed by atoms with E-state index in [-0.39, 0.29) is 22.7 Å². The number of halogens is 2. The van der Waals surface area contributed by atoms with Crippen LogP contribution in [0, 0.1) is 5.92 Å². The van der Waals surface area contributed by atoms with Gasteiger partial charge in [0.05, 0.1) is 11.5 Å². The van der Waals surface area contributed by atoms with Crippen LogP contribution in [-0.4, -0.2) is 16.8 Å². The van der Waals surface area contributed by atoms with E-state index in [2.05, 4.69) is 0 Å². The van der Waals surface area contributed by atoms with Crippen molar-refractivity contribution < 1.29 is 4.79 Å². The normalized spacial score (nSPS) is 36.8. The molecule has 0 N–H and O–H groups in total. The van der Waals surface area contributed by atoms with Crippen molar-refractivity contribution in [1.29, 1.82) is 0 Å². The standard InChI is InChI=1S/C14H13Cl2NO/c15-9-1-2-12-8(5-9)3-4-14-6-10(11(16)7-14)13(18)17(12)14/h1-2,5,10-11H,3-4,6-7H2/t10-,11+,14+/m0/s1. The largest absolute Gasteiger partial charge is 0.306 e. The van der Waals surface area contributed by atoms with Gasteiger partial charge in [-0.15, -0.1) is 11.6 Å². The monoisotopic (exact) mass is 281 g/mol. The van der Waals surface area contributed by atoms with Crippen molar-refractivity contribution in [3.63, 3.8) is 0 Å². The van der Waals surface area contributed by atoms with Crippen LogP contribution < -0.4 is 4.90 Å². The molecule has 0 unspecified atom stereocenters. The lowest BCUT2D eigenvalue weighted by Gasteiger charge is -2.44. The number of alkyl halides is 1. The minimum atomic E-state index is -0.00496. The maximum atomic E-state index is 12.5. The Labute approximate surface area is 116 Å². The SMILES string of the molecule is O=C1[C@H]2C[C@]3(CCc4cc(Cl)ccc4N13)C[C@H]2Cl. The Balaban J connectivity index is 1.87. The summed E-state index contributed by atoms with van der Waals surface area (Å²) in [5.74, 6) is 0.234. The van der Waals surface area contributed by atoms with Gasteiger partial charge in [-0.2, -0.15) is 0 Å². The summed E-state index contributed by atoms with van der Waals surface area (Å²) in [6, 6.07) is 5.85. The molecule has 1 spiro atoms. The summed E-state index contributed by atoms with van der Waals surface area (Å²) in [5, 5.41) is 0.777. The van der Waals surface area contributed by atoms with Gasteiger partial charge in [0.1, 0.15) is 0 Å². The van der Waals surface area contributed by atoms with Gasteiger partial charge >= 0.3 is 0 Å². The van der Waals surface area contributed by atoms with E-state index in [9.17, 15) is 4.79 Å². The number of aryl methyl sites for hydroxylation is 1. The van der Waals surface area contributed by atoms with E-state index in [0.29, 0.717) is 0 Å². The molecule has 2 fully saturated rings. The first kappa shape index (κ1) is 11.1. The van der Waals surface area contributed by atoms with E-state index < -0.39 is 0 Å². The third-order valence-corrected chi connectivity index (χ3v) is 5.46. The van der Waals surface area contributed by atoms with Gasteiger partial charge < -0.3 is 4.90 Å². The molecule has 1 saturated heterocycles. The van der Waals surface area contributed by atoms with E-state index in [1.54, 1.807) is 0 Å². The van der Waals surface area contributed by atoms with E-state index in [0.717, 1.165) is 36.4 Å². The number of carbonyl (C=O) groups excluding carboxylic acids is 1. The van der Waals surface area contributed by atoms with Crippen LogP contribution in [0.25, 0.3) is 0 Å². The number of hydrogen-bond donors (Lipinski definition) is 0. The highest BCUT2D eigenvalue weighted by molar-refractivity contribution is 6.30. The van der Waals surface area contributed by atoms with E-state index in [1.165, 1.54) is 5.56 Å². The zero-order valence-corrected chi connectivity index (χ0v) is 11.3. The molecule has 0 aromatic heterocycles. The number of piperidine rings is 1. The molecule has 4 heteroatoms. The highest BCUT2D eigenvalue weighted by Gasteiger charge is 2.61. The van der Waals surface area contributed by atoms with E-state index in [4.69, 9.17) is 23.2 Å². The van der Waals surface area contributed by atoms with Gasteiger partial charge in [-0.25, -0.2) is 0 Å². The lowest BCUT2D eigenvalue weighted by Crippen LogP contribution is -2.52. The molecular formula is C14H13Cl2NO. The molecule has 4 rings (SSSR count). The zero-order valence-electron chi connectivity index (χ0n) is 9.83. The molecule has 1 aromatic carbocycles. The summed E-state index contributed by atoms with van der Waals surface area (Å²) in [6.45, 7) is 0. The molecule has 3 atom stereocenters. The molecule has 2 heterocycles.